The highest BCUT2D eigenvalue weighted by atomic mass is 35.5. The Morgan fingerprint density at radius 1 is 1.07 bits per heavy atom. The standard InChI is InChI=1S/C20H14ClN5O2S/c21-17-8-7-16(10-18(17)25-19(13-24)15(11-22)12-23)29(27,28)26-9-3-5-14-4-1-2-6-20(14)26/h1-2,4,6-8,10,25H,3,5,9H2. The largest absolute Gasteiger partial charge is 0.344 e. The number of halogens is 1. The molecule has 1 aliphatic rings. The Balaban J connectivity index is 2.05. The third-order valence-electron chi connectivity index (χ3n) is 4.44. The number of nitrogens with zero attached hydrogens (tertiary/aromatic N) is 4. The van der Waals surface area contributed by atoms with Crippen LogP contribution in [0.4, 0.5) is 11.4 Å². The van der Waals surface area contributed by atoms with Gasteiger partial charge in [-0.3, -0.25) is 4.31 Å². The minimum atomic E-state index is -3.88. The first-order valence-corrected chi connectivity index (χ1v) is 10.4. The highest BCUT2D eigenvalue weighted by molar-refractivity contribution is 7.92. The minimum Gasteiger partial charge on any atom is -0.344 e. The maximum Gasteiger partial charge on any atom is 0.264 e. The molecule has 0 bridgehead atoms. The van der Waals surface area contributed by atoms with E-state index in [1.807, 2.05) is 12.1 Å². The Kier molecular flexibility index (Phi) is 5.75. The number of rotatable bonds is 4. The van der Waals surface area contributed by atoms with Gasteiger partial charge in [0.05, 0.1) is 21.3 Å². The molecule has 0 radical (unpaired) electrons. The molecule has 144 valence electrons. The molecule has 2 aromatic carbocycles. The maximum atomic E-state index is 13.3. The quantitative estimate of drug-likeness (QED) is 0.748. The van der Waals surface area contributed by atoms with Gasteiger partial charge >= 0.3 is 0 Å². The van der Waals surface area contributed by atoms with E-state index in [1.165, 1.54) is 22.5 Å². The molecule has 1 heterocycles. The van der Waals surface area contributed by atoms with Crippen LogP contribution in [0, 0.1) is 34.0 Å². The van der Waals surface area contributed by atoms with Crippen LogP contribution in [0.3, 0.4) is 0 Å². The molecule has 0 unspecified atom stereocenters. The van der Waals surface area contributed by atoms with Crippen LogP contribution in [0.5, 0.6) is 0 Å². The SMILES string of the molecule is N#CC(C#N)=C(C#N)Nc1cc(S(=O)(=O)N2CCCc3ccccc32)ccc1Cl. The van der Waals surface area contributed by atoms with Crippen LogP contribution in [-0.2, 0) is 16.4 Å². The lowest BCUT2D eigenvalue weighted by Crippen LogP contribution is -2.35. The van der Waals surface area contributed by atoms with E-state index in [9.17, 15) is 13.7 Å². The smallest absolute Gasteiger partial charge is 0.264 e. The second-order valence-electron chi connectivity index (χ2n) is 6.16. The molecule has 9 heteroatoms. The third-order valence-corrected chi connectivity index (χ3v) is 6.58. The number of nitriles is 3. The minimum absolute atomic E-state index is 0.0196. The van der Waals surface area contributed by atoms with Crippen LogP contribution < -0.4 is 9.62 Å². The molecule has 0 saturated carbocycles. The van der Waals surface area contributed by atoms with Crippen LogP contribution in [-0.4, -0.2) is 15.0 Å². The average Bonchev–Trinajstić information content (AvgIpc) is 2.74. The molecule has 0 aliphatic carbocycles. The number of sulfonamides is 1. The van der Waals surface area contributed by atoms with Gasteiger partial charge in [0.1, 0.15) is 23.9 Å². The van der Waals surface area contributed by atoms with Crippen molar-refractivity contribution in [3.05, 3.63) is 64.3 Å². The lowest BCUT2D eigenvalue weighted by atomic mass is 10.0. The Bertz CT molecular complexity index is 1220. The van der Waals surface area contributed by atoms with Gasteiger partial charge in [-0.1, -0.05) is 29.8 Å². The van der Waals surface area contributed by atoms with Crippen LogP contribution >= 0.6 is 11.6 Å². The summed E-state index contributed by atoms with van der Waals surface area (Å²) >= 11 is 6.14. The molecule has 0 aromatic heterocycles. The van der Waals surface area contributed by atoms with Crippen LogP contribution in [0.15, 0.2) is 58.6 Å². The third kappa shape index (κ3) is 3.88. The van der Waals surface area contributed by atoms with E-state index in [0.717, 1.165) is 12.0 Å². The molecule has 1 N–H and O–H groups in total. The fourth-order valence-corrected chi connectivity index (χ4v) is 4.79. The highest BCUT2D eigenvalue weighted by Gasteiger charge is 2.29. The number of benzene rings is 2. The van der Waals surface area contributed by atoms with E-state index in [1.54, 1.807) is 30.3 Å². The average molecular weight is 424 g/mol. The van der Waals surface area contributed by atoms with Gasteiger partial charge in [-0.25, -0.2) is 8.42 Å². The number of hydrogen-bond acceptors (Lipinski definition) is 6. The van der Waals surface area contributed by atoms with Gasteiger partial charge in [0.25, 0.3) is 10.0 Å². The Morgan fingerprint density at radius 3 is 2.48 bits per heavy atom. The Labute approximate surface area is 173 Å². The summed E-state index contributed by atoms with van der Waals surface area (Å²) < 4.78 is 27.9. The number of aryl methyl sites for hydroxylation is 1. The van der Waals surface area contributed by atoms with E-state index < -0.39 is 15.6 Å². The fraction of sp³-hybridized carbons (Fsp3) is 0.150. The molecule has 7 nitrogen and oxygen atoms in total. The van der Waals surface area contributed by atoms with Crippen molar-refractivity contribution in [2.24, 2.45) is 0 Å². The number of anilines is 2. The van der Waals surface area contributed by atoms with E-state index in [4.69, 9.17) is 22.1 Å². The van der Waals surface area contributed by atoms with Crippen LogP contribution in [0.2, 0.25) is 5.02 Å². The van der Waals surface area contributed by atoms with Crippen molar-refractivity contribution in [3.8, 4) is 18.2 Å². The van der Waals surface area contributed by atoms with Crippen molar-refractivity contribution in [1.29, 1.82) is 15.8 Å². The fourth-order valence-electron chi connectivity index (χ4n) is 3.05. The maximum absolute atomic E-state index is 13.3. The number of nitrogens with one attached hydrogen (secondary N) is 1. The van der Waals surface area contributed by atoms with Gasteiger partial charge in [-0.2, -0.15) is 15.8 Å². The predicted octanol–water partition coefficient (Wildman–Crippen LogP) is 3.72. The summed E-state index contributed by atoms with van der Waals surface area (Å²) in [4.78, 5) is -0.0196. The topological polar surface area (TPSA) is 121 Å². The van der Waals surface area contributed by atoms with Gasteiger partial charge in [0.2, 0.25) is 0 Å². The van der Waals surface area contributed by atoms with Gasteiger partial charge in [0, 0.05) is 6.54 Å². The summed E-state index contributed by atoms with van der Waals surface area (Å²) in [7, 11) is -3.88. The monoisotopic (exact) mass is 423 g/mol. The summed E-state index contributed by atoms with van der Waals surface area (Å²) in [5.74, 6) is 0. The van der Waals surface area contributed by atoms with Crippen molar-refractivity contribution >= 4 is 33.0 Å². The van der Waals surface area contributed by atoms with Crippen LogP contribution in [0.1, 0.15) is 12.0 Å². The molecule has 1 aliphatic heterocycles. The van der Waals surface area contributed by atoms with E-state index in [2.05, 4.69) is 5.32 Å². The molecular weight excluding hydrogens is 410 g/mol. The summed E-state index contributed by atoms with van der Waals surface area (Å²) in [6.07, 6.45) is 1.50. The van der Waals surface area contributed by atoms with Crippen molar-refractivity contribution in [2.45, 2.75) is 17.7 Å². The Morgan fingerprint density at radius 2 is 1.79 bits per heavy atom. The zero-order valence-corrected chi connectivity index (χ0v) is 16.6. The summed E-state index contributed by atoms with van der Waals surface area (Å²) in [6.45, 7) is 0.348. The molecule has 0 amide bonds. The van der Waals surface area contributed by atoms with Crippen LogP contribution in [0.25, 0.3) is 0 Å². The number of fused-ring (bicyclic) bond motifs is 1. The summed E-state index contributed by atoms with van der Waals surface area (Å²) in [6, 6.07) is 16.3. The second-order valence-corrected chi connectivity index (χ2v) is 8.43. The summed E-state index contributed by atoms with van der Waals surface area (Å²) in [5, 5.41) is 29.9. The van der Waals surface area contributed by atoms with Crippen molar-refractivity contribution < 1.29 is 8.42 Å². The molecule has 29 heavy (non-hydrogen) atoms. The zero-order chi connectivity index (χ0) is 21.0. The Hall–Kier alpha value is -3.51. The molecule has 3 rings (SSSR count). The lowest BCUT2D eigenvalue weighted by molar-refractivity contribution is 0.586. The first kappa shape index (κ1) is 20.2. The summed E-state index contributed by atoms with van der Waals surface area (Å²) in [5.41, 5.74) is 0.961. The van der Waals surface area contributed by atoms with Crippen molar-refractivity contribution in [1.82, 2.24) is 0 Å². The van der Waals surface area contributed by atoms with Crippen molar-refractivity contribution in [2.75, 3.05) is 16.2 Å². The lowest BCUT2D eigenvalue weighted by Gasteiger charge is -2.30. The van der Waals surface area contributed by atoms with Gasteiger partial charge in [-0.05, 0) is 42.7 Å². The van der Waals surface area contributed by atoms with Gasteiger partial charge in [-0.15, -0.1) is 0 Å². The van der Waals surface area contributed by atoms with Crippen molar-refractivity contribution in [3.63, 3.8) is 0 Å². The van der Waals surface area contributed by atoms with E-state index >= 15 is 0 Å². The number of allylic oxidation sites excluding steroid dienone is 2. The van der Waals surface area contributed by atoms with Gasteiger partial charge < -0.3 is 5.32 Å². The normalized spacial score (nSPS) is 12.7. The first-order chi connectivity index (χ1) is 13.9. The number of para-hydroxylation sites is 1. The molecule has 0 atom stereocenters. The van der Waals surface area contributed by atoms with E-state index in [-0.39, 0.29) is 21.3 Å². The molecular formula is C20H14ClN5O2S. The first-order valence-electron chi connectivity index (χ1n) is 8.54. The second kappa shape index (κ2) is 8.24. The highest BCUT2D eigenvalue weighted by Crippen LogP contribution is 2.34. The predicted molar refractivity (Wildman–Crippen MR) is 108 cm³/mol. The number of hydrogen-bond donors (Lipinski definition) is 1. The molecule has 0 spiro atoms. The molecule has 0 fully saturated rings. The van der Waals surface area contributed by atoms with Gasteiger partial charge in [0.15, 0.2) is 5.57 Å². The molecule has 0 saturated heterocycles. The van der Waals surface area contributed by atoms with E-state index in [0.29, 0.717) is 18.7 Å². The molecule has 2 aromatic rings. The zero-order valence-electron chi connectivity index (χ0n) is 15.1.